The first-order valence-electron chi connectivity index (χ1n) is 9.57. The van der Waals surface area contributed by atoms with Crippen molar-refractivity contribution in [3.8, 4) is 5.75 Å². The Balaban J connectivity index is 1.60. The molecule has 1 heterocycles. The summed E-state index contributed by atoms with van der Waals surface area (Å²) >= 11 is 0. The van der Waals surface area contributed by atoms with Gasteiger partial charge in [0.05, 0.1) is 12.8 Å². The van der Waals surface area contributed by atoms with Crippen LogP contribution in [0.3, 0.4) is 0 Å². The zero-order chi connectivity index (χ0) is 20.6. The largest absolute Gasteiger partial charge is 0.491 e. The van der Waals surface area contributed by atoms with Gasteiger partial charge in [0.2, 0.25) is 0 Å². The van der Waals surface area contributed by atoms with E-state index in [0.717, 1.165) is 17.0 Å². The molecule has 0 saturated heterocycles. The lowest BCUT2D eigenvalue weighted by atomic mass is 10.1. The van der Waals surface area contributed by atoms with Crippen LogP contribution in [0, 0.1) is 5.82 Å². The zero-order valence-electron chi connectivity index (χ0n) is 16.8. The Morgan fingerprint density at radius 2 is 1.72 bits per heavy atom. The van der Waals surface area contributed by atoms with Gasteiger partial charge < -0.3 is 19.2 Å². The summed E-state index contributed by atoms with van der Waals surface area (Å²) in [5, 5.41) is 10.5. The van der Waals surface area contributed by atoms with E-state index in [1.807, 2.05) is 26.2 Å². The molecule has 29 heavy (non-hydrogen) atoms. The number of aliphatic hydroxyl groups is 1. The van der Waals surface area contributed by atoms with E-state index in [0.29, 0.717) is 25.4 Å². The van der Waals surface area contributed by atoms with Crippen LogP contribution >= 0.6 is 0 Å². The monoisotopic (exact) mass is 398 g/mol. The van der Waals surface area contributed by atoms with Gasteiger partial charge in [0, 0.05) is 32.9 Å². The maximum Gasteiger partial charge on any atom is 0.123 e. The second-order valence-corrected chi connectivity index (χ2v) is 7.23. The molecule has 1 atom stereocenters. The highest BCUT2D eigenvalue weighted by atomic mass is 19.1. The van der Waals surface area contributed by atoms with E-state index >= 15 is 0 Å². The molecule has 0 saturated carbocycles. The summed E-state index contributed by atoms with van der Waals surface area (Å²) in [6.07, 6.45) is 0.948. The number of anilines is 1. The quantitative estimate of drug-likeness (QED) is 0.561. The Labute approximate surface area is 170 Å². The summed E-state index contributed by atoms with van der Waals surface area (Å²) < 4.78 is 24.0. The first kappa shape index (κ1) is 20.9. The van der Waals surface area contributed by atoms with Gasteiger partial charge >= 0.3 is 0 Å². The van der Waals surface area contributed by atoms with Crippen LogP contribution in [0.15, 0.2) is 71.3 Å². The summed E-state index contributed by atoms with van der Waals surface area (Å²) in [4.78, 5) is 4.17. The zero-order valence-corrected chi connectivity index (χ0v) is 16.8. The number of hydrogen-bond donors (Lipinski definition) is 1. The van der Waals surface area contributed by atoms with Gasteiger partial charge in [-0.05, 0) is 54.1 Å². The van der Waals surface area contributed by atoms with Crippen LogP contribution in [0.1, 0.15) is 11.3 Å². The molecule has 1 aromatic heterocycles. The fourth-order valence-electron chi connectivity index (χ4n) is 3.04. The molecule has 0 bridgehead atoms. The number of benzene rings is 2. The second-order valence-electron chi connectivity index (χ2n) is 7.23. The fourth-order valence-corrected chi connectivity index (χ4v) is 3.04. The molecule has 0 aliphatic carbocycles. The molecule has 0 aliphatic heterocycles. The minimum atomic E-state index is -0.698. The van der Waals surface area contributed by atoms with Crippen LogP contribution in [-0.2, 0) is 13.1 Å². The van der Waals surface area contributed by atoms with E-state index in [1.165, 1.54) is 12.1 Å². The average Bonchev–Trinajstić information content (AvgIpc) is 3.21. The molecule has 3 rings (SSSR count). The predicted octanol–water partition coefficient (Wildman–Crippen LogP) is 3.93. The average molecular weight is 398 g/mol. The molecular formula is C23H27FN2O3. The van der Waals surface area contributed by atoms with Crippen molar-refractivity contribution in [2.45, 2.75) is 19.2 Å². The Morgan fingerprint density at radius 1 is 1.00 bits per heavy atom. The third kappa shape index (κ3) is 6.62. The van der Waals surface area contributed by atoms with Gasteiger partial charge in [-0.15, -0.1) is 0 Å². The maximum absolute atomic E-state index is 13.0. The molecule has 1 N–H and O–H groups in total. The SMILES string of the molecule is CN(C)c1ccc(CN(Cc2ccco2)CC(O)COc2ccc(F)cc2)cc1. The van der Waals surface area contributed by atoms with Crippen molar-refractivity contribution in [1.29, 1.82) is 0 Å². The van der Waals surface area contributed by atoms with Crippen molar-refractivity contribution in [3.05, 3.63) is 84.1 Å². The highest BCUT2D eigenvalue weighted by molar-refractivity contribution is 5.45. The Morgan fingerprint density at radius 3 is 2.34 bits per heavy atom. The number of hydrogen-bond acceptors (Lipinski definition) is 5. The third-order valence-corrected chi connectivity index (χ3v) is 4.54. The predicted molar refractivity (Wildman–Crippen MR) is 111 cm³/mol. The molecule has 154 valence electrons. The Kier molecular flexibility index (Phi) is 7.27. The van der Waals surface area contributed by atoms with Crippen molar-refractivity contribution in [2.24, 2.45) is 0 Å². The van der Waals surface area contributed by atoms with Gasteiger partial charge in [-0.1, -0.05) is 12.1 Å². The minimum absolute atomic E-state index is 0.125. The first-order valence-corrected chi connectivity index (χ1v) is 9.57. The summed E-state index contributed by atoms with van der Waals surface area (Å²) in [7, 11) is 4.02. The molecule has 2 aromatic carbocycles. The molecule has 5 nitrogen and oxygen atoms in total. The fraction of sp³-hybridized carbons (Fsp3) is 0.304. The summed E-state index contributed by atoms with van der Waals surface area (Å²) in [5.41, 5.74) is 2.29. The smallest absolute Gasteiger partial charge is 0.123 e. The van der Waals surface area contributed by atoms with Crippen LogP contribution in [0.4, 0.5) is 10.1 Å². The Hall–Kier alpha value is -2.83. The van der Waals surface area contributed by atoms with Gasteiger partial charge in [0.1, 0.15) is 30.0 Å². The molecule has 1 unspecified atom stereocenters. The van der Waals surface area contributed by atoms with E-state index in [2.05, 4.69) is 34.1 Å². The van der Waals surface area contributed by atoms with Crippen LogP contribution < -0.4 is 9.64 Å². The normalized spacial score (nSPS) is 12.2. The van der Waals surface area contributed by atoms with Gasteiger partial charge in [-0.2, -0.15) is 0 Å². The third-order valence-electron chi connectivity index (χ3n) is 4.54. The van der Waals surface area contributed by atoms with Gasteiger partial charge in [-0.3, -0.25) is 4.90 Å². The number of furan rings is 1. The van der Waals surface area contributed by atoms with Gasteiger partial charge in [0.25, 0.3) is 0 Å². The van der Waals surface area contributed by atoms with Crippen molar-refractivity contribution in [2.75, 3.05) is 32.1 Å². The van der Waals surface area contributed by atoms with E-state index in [-0.39, 0.29) is 12.4 Å². The number of ether oxygens (including phenoxy) is 1. The minimum Gasteiger partial charge on any atom is -0.491 e. The number of rotatable bonds is 10. The number of aliphatic hydroxyl groups excluding tert-OH is 1. The van der Waals surface area contributed by atoms with Crippen molar-refractivity contribution in [3.63, 3.8) is 0 Å². The van der Waals surface area contributed by atoms with E-state index in [9.17, 15) is 9.50 Å². The topological polar surface area (TPSA) is 49.1 Å². The highest BCUT2D eigenvalue weighted by Gasteiger charge is 2.15. The molecule has 0 spiro atoms. The summed E-state index contributed by atoms with van der Waals surface area (Å²) in [6, 6.07) is 17.9. The van der Waals surface area contributed by atoms with Crippen LogP contribution in [0.2, 0.25) is 0 Å². The number of halogens is 1. The van der Waals surface area contributed by atoms with Crippen LogP contribution in [0.25, 0.3) is 0 Å². The Bertz CT molecular complexity index is 849. The molecule has 0 amide bonds. The molecule has 0 radical (unpaired) electrons. The molecule has 0 fully saturated rings. The van der Waals surface area contributed by atoms with Gasteiger partial charge in [-0.25, -0.2) is 4.39 Å². The van der Waals surface area contributed by atoms with Crippen LogP contribution in [-0.4, -0.2) is 43.4 Å². The number of nitrogens with zero attached hydrogens (tertiary/aromatic N) is 2. The summed E-state index contributed by atoms with van der Waals surface area (Å²) in [6.45, 7) is 1.79. The second kappa shape index (κ2) is 10.1. The molecule has 0 aliphatic rings. The lowest BCUT2D eigenvalue weighted by molar-refractivity contribution is 0.0604. The molecular weight excluding hydrogens is 371 g/mol. The van der Waals surface area contributed by atoms with Crippen molar-refractivity contribution >= 4 is 5.69 Å². The lowest BCUT2D eigenvalue weighted by Crippen LogP contribution is -2.35. The van der Waals surface area contributed by atoms with Gasteiger partial charge in [0.15, 0.2) is 0 Å². The van der Waals surface area contributed by atoms with E-state index < -0.39 is 6.10 Å². The first-order chi connectivity index (χ1) is 14.0. The standard InChI is InChI=1S/C23H27FN2O3/c1-25(2)20-9-5-18(6-10-20)14-26(16-23-4-3-13-28-23)15-21(27)17-29-22-11-7-19(24)8-12-22/h3-13,21,27H,14-17H2,1-2H3. The summed E-state index contributed by atoms with van der Waals surface area (Å²) in [5.74, 6) is 1.05. The molecule has 6 heteroatoms. The van der Waals surface area contributed by atoms with Crippen molar-refractivity contribution < 1.29 is 18.7 Å². The van der Waals surface area contributed by atoms with E-state index in [1.54, 1.807) is 18.4 Å². The van der Waals surface area contributed by atoms with E-state index in [4.69, 9.17) is 9.15 Å². The lowest BCUT2D eigenvalue weighted by Gasteiger charge is -2.25. The molecule has 3 aromatic rings. The highest BCUT2D eigenvalue weighted by Crippen LogP contribution is 2.16. The van der Waals surface area contributed by atoms with Crippen LogP contribution in [0.5, 0.6) is 5.75 Å². The maximum atomic E-state index is 13.0. The van der Waals surface area contributed by atoms with Crippen molar-refractivity contribution in [1.82, 2.24) is 4.90 Å².